The topological polar surface area (TPSA) is 49.4 Å². The van der Waals surface area contributed by atoms with Crippen LogP contribution in [0.1, 0.15) is 44.2 Å². The highest BCUT2D eigenvalue weighted by molar-refractivity contribution is 5.95. The van der Waals surface area contributed by atoms with Crippen molar-refractivity contribution in [3.63, 3.8) is 0 Å². The van der Waals surface area contributed by atoms with Crippen LogP contribution in [0.5, 0.6) is 0 Å². The van der Waals surface area contributed by atoms with Gasteiger partial charge < -0.3 is 10.2 Å². The highest BCUT2D eigenvalue weighted by Gasteiger charge is 2.14. The fraction of sp³-hybridized carbons (Fsp3) is 0.333. The number of anilines is 2. The van der Waals surface area contributed by atoms with Crippen molar-refractivity contribution in [3.05, 3.63) is 59.7 Å². The van der Waals surface area contributed by atoms with Gasteiger partial charge in [0.25, 0.3) is 0 Å². The normalized spacial score (nSPS) is 10.6. The summed E-state index contributed by atoms with van der Waals surface area (Å²) < 4.78 is 0. The molecule has 1 N–H and O–H groups in total. The summed E-state index contributed by atoms with van der Waals surface area (Å²) in [6.07, 6.45) is 0.250. The van der Waals surface area contributed by atoms with Crippen LogP contribution < -0.4 is 10.2 Å². The average Bonchev–Trinajstić information content (AvgIpc) is 2.57. The average molecular weight is 338 g/mol. The molecule has 4 heteroatoms. The number of amides is 2. The van der Waals surface area contributed by atoms with E-state index in [0.29, 0.717) is 12.5 Å². The number of hydrogen-bond donors (Lipinski definition) is 1. The summed E-state index contributed by atoms with van der Waals surface area (Å²) in [5.74, 6) is 0.278. The van der Waals surface area contributed by atoms with E-state index < -0.39 is 0 Å². The van der Waals surface area contributed by atoms with E-state index in [1.807, 2.05) is 55.5 Å². The maximum atomic E-state index is 12.2. The first kappa shape index (κ1) is 18.7. The number of hydrogen-bond acceptors (Lipinski definition) is 2. The minimum Gasteiger partial charge on any atom is -0.326 e. The number of carbonyl (C=O) groups is 2. The summed E-state index contributed by atoms with van der Waals surface area (Å²) in [5, 5.41) is 2.90. The molecule has 0 aliphatic rings. The summed E-state index contributed by atoms with van der Waals surface area (Å²) in [4.78, 5) is 25.8. The van der Waals surface area contributed by atoms with Crippen LogP contribution in [0.15, 0.2) is 48.5 Å². The molecule has 0 spiro atoms. The zero-order valence-corrected chi connectivity index (χ0v) is 15.4. The first-order valence-electron chi connectivity index (χ1n) is 8.62. The van der Waals surface area contributed by atoms with Crippen LogP contribution in [-0.2, 0) is 9.59 Å². The van der Waals surface area contributed by atoms with Crippen LogP contribution >= 0.6 is 0 Å². The van der Waals surface area contributed by atoms with Gasteiger partial charge in [-0.1, -0.05) is 44.2 Å². The van der Waals surface area contributed by atoms with Crippen LogP contribution in [0.25, 0.3) is 0 Å². The summed E-state index contributed by atoms with van der Waals surface area (Å²) in [5.41, 5.74) is 3.87. The first-order valence-corrected chi connectivity index (χ1v) is 8.62. The molecule has 0 unspecified atom stereocenters. The van der Waals surface area contributed by atoms with Gasteiger partial charge in [0.2, 0.25) is 11.8 Å². The summed E-state index contributed by atoms with van der Waals surface area (Å²) in [7, 11) is 0. The summed E-state index contributed by atoms with van der Waals surface area (Å²) >= 11 is 0. The lowest BCUT2D eigenvalue weighted by atomic mass is 10.0. The number of para-hydroxylation sites is 1. The van der Waals surface area contributed by atoms with Gasteiger partial charge >= 0.3 is 0 Å². The number of aryl methyl sites for hydroxylation is 1. The molecule has 0 bridgehead atoms. The quantitative estimate of drug-likeness (QED) is 0.843. The second kappa shape index (κ2) is 8.47. The number of benzene rings is 2. The number of rotatable bonds is 6. The molecule has 0 radical (unpaired) electrons. The Labute approximate surface area is 149 Å². The lowest BCUT2D eigenvalue weighted by molar-refractivity contribution is -0.117. The van der Waals surface area contributed by atoms with Crippen LogP contribution in [0, 0.1) is 6.92 Å². The minimum absolute atomic E-state index is 0.0685. The van der Waals surface area contributed by atoms with Crippen LogP contribution in [0.4, 0.5) is 11.4 Å². The van der Waals surface area contributed by atoms with Crippen molar-refractivity contribution in [1.82, 2.24) is 0 Å². The smallest absolute Gasteiger partial charge is 0.226 e. The molecule has 2 aromatic rings. The SMILES string of the molecule is CC(=O)N(CCC(=O)Nc1ccccc1C)c1ccc(C(C)C)cc1. The Morgan fingerprint density at radius 1 is 1.04 bits per heavy atom. The molecule has 2 rings (SSSR count). The van der Waals surface area contributed by atoms with Gasteiger partial charge in [-0.2, -0.15) is 0 Å². The molecule has 0 saturated heterocycles. The molecular formula is C21H26N2O2. The Morgan fingerprint density at radius 3 is 2.24 bits per heavy atom. The molecular weight excluding hydrogens is 312 g/mol. The Hall–Kier alpha value is -2.62. The van der Waals surface area contributed by atoms with Crippen molar-refractivity contribution < 1.29 is 9.59 Å². The summed E-state index contributed by atoms with van der Waals surface area (Å²) in [6.45, 7) is 8.10. The third-order valence-electron chi connectivity index (χ3n) is 4.23. The van der Waals surface area contributed by atoms with E-state index >= 15 is 0 Å². The van der Waals surface area contributed by atoms with E-state index in [1.54, 1.807) is 4.90 Å². The van der Waals surface area contributed by atoms with Gasteiger partial charge in [0, 0.05) is 31.3 Å². The predicted molar refractivity (Wildman–Crippen MR) is 103 cm³/mol. The maximum absolute atomic E-state index is 12.2. The Balaban J connectivity index is 2.01. The zero-order chi connectivity index (χ0) is 18.4. The van der Waals surface area contributed by atoms with E-state index in [4.69, 9.17) is 0 Å². The second-order valence-corrected chi connectivity index (χ2v) is 6.53. The molecule has 0 fully saturated rings. The molecule has 0 heterocycles. The van der Waals surface area contributed by atoms with Crippen molar-refractivity contribution in [2.75, 3.05) is 16.8 Å². The molecule has 4 nitrogen and oxygen atoms in total. The monoisotopic (exact) mass is 338 g/mol. The Kier molecular flexibility index (Phi) is 6.34. The van der Waals surface area contributed by atoms with E-state index in [2.05, 4.69) is 19.2 Å². The van der Waals surface area contributed by atoms with Gasteiger partial charge in [0.15, 0.2) is 0 Å². The lowest BCUT2D eigenvalue weighted by Gasteiger charge is -2.21. The lowest BCUT2D eigenvalue weighted by Crippen LogP contribution is -2.32. The molecule has 2 amide bonds. The Bertz CT molecular complexity index is 736. The van der Waals surface area contributed by atoms with Gasteiger partial charge in [-0.3, -0.25) is 9.59 Å². The van der Waals surface area contributed by atoms with E-state index in [9.17, 15) is 9.59 Å². The van der Waals surface area contributed by atoms with Crippen molar-refractivity contribution in [3.8, 4) is 0 Å². The van der Waals surface area contributed by atoms with Crippen molar-refractivity contribution in [2.24, 2.45) is 0 Å². The predicted octanol–water partition coefficient (Wildman–Crippen LogP) is 4.50. The molecule has 25 heavy (non-hydrogen) atoms. The first-order chi connectivity index (χ1) is 11.9. The Morgan fingerprint density at radius 2 is 1.68 bits per heavy atom. The number of carbonyl (C=O) groups excluding carboxylic acids is 2. The largest absolute Gasteiger partial charge is 0.326 e. The van der Waals surface area contributed by atoms with Crippen molar-refractivity contribution in [2.45, 2.75) is 40.0 Å². The third kappa shape index (κ3) is 5.18. The van der Waals surface area contributed by atoms with Gasteiger partial charge in [-0.25, -0.2) is 0 Å². The second-order valence-electron chi connectivity index (χ2n) is 6.53. The van der Waals surface area contributed by atoms with Crippen LogP contribution in [-0.4, -0.2) is 18.4 Å². The van der Waals surface area contributed by atoms with Crippen LogP contribution in [0.2, 0.25) is 0 Å². The molecule has 2 aromatic carbocycles. The molecule has 0 aliphatic heterocycles. The highest BCUT2D eigenvalue weighted by Crippen LogP contribution is 2.21. The van der Waals surface area contributed by atoms with Gasteiger partial charge in [0.05, 0.1) is 0 Å². The fourth-order valence-corrected chi connectivity index (χ4v) is 2.65. The van der Waals surface area contributed by atoms with Crippen molar-refractivity contribution >= 4 is 23.2 Å². The van der Waals surface area contributed by atoms with Crippen LogP contribution in [0.3, 0.4) is 0 Å². The van der Waals surface area contributed by atoms with E-state index in [-0.39, 0.29) is 18.2 Å². The molecule has 0 atom stereocenters. The highest BCUT2D eigenvalue weighted by atomic mass is 16.2. The third-order valence-corrected chi connectivity index (χ3v) is 4.23. The minimum atomic E-state index is -0.0978. The maximum Gasteiger partial charge on any atom is 0.226 e. The van der Waals surface area contributed by atoms with E-state index in [0.717, 1.165) is 16.9 Å². The standard InChI is InChI=1S/C21H26N2O2/c1-15(2)18-9-11-19(12-10-18)23(17(4)24)14-13-21(25)22-20-8-6-5-7-16(20)3/h5-12,15H,13-14H2,1-4H3,(H,22,25). The van der Waals surface area contributed by atoms with Gasteiger partial charge in [-0.15, -0.1) is 0 Å². The van der Waals surface area contributed by atoms with Gasteiger partial charge in [0.1, 0.15) is 0 Å². The number of nitrogens with zero attached hydrogens (tertiary/aromatic N) is 1. The summed E-state index contributed by atoms with van der Waals surface area (Å²) in [6, 6.07) is 15.6. The van der Waals surface area contributed by atoms with Gasteiger partial charge in [-0.05, 0) is 42.2 Å². The molecule has 132 valence electrons. The fourth-order valence-electron chi connectivity index (χ4n) is 2.65. The molecule has 0 aliphatic carbocycles. The zero-order valence-electron chi connectivity index (χ0n) is 15.4. The number of nitrogens with one attached hydrogen (secondary N) is 1. The molecule has 0 saturated carbocycles. The van der Waals surface area contributed by atoms with Crippen molar-refractivity contribution in [1.29, 1.82) is 0 Å². The van der Waals surface area contributed by atoms with E-state index in [1.165, 1.54) is 12.5 Å². The molecule has 0 aromatic heterocycles.